The minimum atomic E-state index is -1.28. The van der Waals surface area contributed by atoms with E-state index < -0.39 is 11.4 Å². The lowest BCUT2D eigenvalue weighted by Gasteiger charge is -2.33. The molecular formula is C22H23N5O5S. The van der Waals surface area contributed by atoms with Crippen molar-refractivity contribution in [2.45, 2.75) is 32.3 Å². The monoisotopic (exact) mass is 469 g/mol. The van der Waals surface area contributed by atoms with Gasteiger partial charge in [-0.2, -0.15) is 0 Å². The maximum atomic E-state index is 12.9. The number of rotatable bonds is 6. The molecule has 0 unspecified atom stereocenters. The van der Waals surface area contributed by atoms with Gasteiger partial charge in [0.15, 0.2) is 10.8 Å². The van der Waals surface area contributed by atoms with E-state index in [2.05, 4.69) is 10.1 Å². The molecule has 0 amide bonds. The summed E-state index contributed by atoms with van der Waals surface area (Å²) < 4.78 is 7.22. The van der Waals surface area contributed by atoms with E-state index in [1.807, 2.05) is 4.90 Å². The van der Waals surface area contributed by atoms with E-state index in [0.717, 1.165) is 31.6 Å². The molecule has 0 saturated carbocycles. The Hall–Kier alpha value is -3.31. The Kier molecular flexibility index (Phi) is 5.81. The fourth-order valence-corrected chi connectivity index (χ4v) is 4.65. The molecule has 2 aliphatic heterocycles. The van der Waals surface area contributed by atoms with Gasteiger partial charge in [0, 0.05) is 24.4 Å². The van der Waals surface area contributed by atoms with Crippen molar-refractivity contribution in [3.8, 4) is 5.13 Å². The van der Waals surface area contributed by atoms with Crippen LogP contribution in [-0.2, 0) is 9.57 Å². The third kappa shape index (κ3) is 4.21. The second-order valence-electron chi connectivity index (χ2n) is 8.16. The van der Waals surface area contributed by atoms with E-state index in [1.54, 1.807) is 29.1 Å². The number of pyridine rings is 2. The van der Waals surface area contributed by atoms with Crippen LogP contribution in [0, 0.1) is 6.92 Å². The molecule has 2 fully saturated rings. The highest BCUT2D eigenvalue weighted by molar-refractivity contribution is 7.12. The molecule has 3 aromatic heterocycles. The second kappa shape index (κ2) is 8.91. The number of carbonyl (C=O) groups is 1. The summed E-state index contributed by atoms with van der Waals surface area (Å²) in [6.07, 6.45) is 6.30. The van der Waals surface area contributed by atoms with Crippen molar-refractivity contribution in [3.63, 3.8) is 0 Å². The number of ether oxygens (including phenoxy) is 1. The van der Waals surface area contributed by atoms with E-state index in [0.29, 0.717) is 41.9 Å². The summed E-state index contributed by atoms with van der Waals surface area (Å²) in [6, 6.07) is 1.80. The first kappa shape index (κ1) is 21.5. The van der Waals surface area contributed by atoms with Crippen molar-refractivity contribution in [3.05, 3.63) is 45.2 Å². The van der Waals surface area contributed by atoms with Gasteiger partial charge in [0.05, 0.1) is 30.3 Å². The van der Waals surface area contributed by atoms with Crippen LogP contribution in [0.3, 0.4) is 0 Å². The molecule has 11 heteroatoms. The number of aryl methyl sites for hydroxylation is 1. The number of thiazole rings is 1. The van der Waals surface area contributed by atoms with E-state index >= 15 is 0 Å². The molecule has 0 aromatic carbocycles. The Morgan fingerprint density at radius 2 is 2.24 bits per heavy atom. The number of oxime groups is 1. The van der Waals surface area contributed by atoms with Crippen LogP contribution in [0.15, 0.2) is 33.8 Å². The molecule has 5 rings (SSSR count). The summed E-state index contributed by atoms with van der Waals surface area (Å²) in [5.74, 6) is -0.597. The summed E-state index contributed by atoms with van der Waals surface area (Å²) in [7, 11) is 0. The average Bonchev–Trinajstić information content (AvgIpc) is 3.30. The van der Waals surface area contributed by atoms with Crippen molar-refractivity contribution in [2.24, 2.45) is 5.16 Å². The number of carboxylic acid groups (broad SMARTS) is 1. The van der Waals surface area contributed by atoms with E-state index in [9.17, 15) is 14.7 Å². The van der Waals surface area contributed by atoms with E-state index in [-0.39, 0.29) is 17.1 Å². The molecule has 10 nitrogen and oxygen atoms in total. The molecule has 0 aliphatic carbocycles. The zero-order valence-corrected chi connectivity index (χ0v) is 18.9. The van der Waals surface area contributed by atoms with Gasteiger partial charge in [-0.15, -0.1) is 11.3 Å². The average molecular weight is 470 g/mol. The van der Waals surface area contributed by atoms with Crippen LogP contribution in [0.5, 0.6) is 0 Å². The molecule has 33 heavy (non-hydrogen) atoms. The molecule has 0 spiro atoms. The van der Waals surface area contributed by atoms with Gasteiger partial charge in [0.25, 0.3) is 0 Å². The Labute approximate surface area is 193 Å². The van der Waals surface area contributed by atoms with Crippen LogP contribution < -0.4 is 10.3 Å². The number of aromatic carboxylic acids is 1. The summed E-state index contributed by atoms with van der Waals surface area (Å²) in [6.45, 7) is 4.17. The quantitative estimate of drug-likeness (QED) is 0.547. The number of nitrogens with zero attached hydrogens (tertiary/aromatic N) is 5. The molecular weight excluding hydrogens is 446 g/mol. The van der Waals surface area contributed by atoms with E-state index in [4.69, 9.17) is 14.6 Å². The predicted molar refractivity (Wildman–Crippen MR) is 124 cm³/mol. The Balaban J connectivity index is 1.41. The first-order chi connectivity index (χ1) is 16.0. The largest absolute Gasteiger partial charge is 0.477 e. The second-order valence-corrected chi connectivity index (χ2v) is 9.03. The Morgan fingerprint density at radius 1 is 1.39 bits per heavy atom. The van der Waals surface area contributed by atoms with Crippen molar-refractivity contribution < 1.29 is 19.5 Å². The first-order valence-electron chi connectivity index (χ1n) is 10.8. The van der Waals surface area contributed by atoms with Gasteiger partial charge in [-0.25, -0.2) is 14.8 Å². The fraction of sp³-hybridized carbons (Fsp3) is 0.409. The minimum Gasteiger partial charge on any atom is -0.477 e. The lowest BCUT2D eigenvalue weighted by molar-refractivity contribution is -0.0398. The standard InChI is InChI=1S/C22H23N5O5S/c1-13-8-17(26-9-14(10-26)25-32-12-15-4-2-3-6-31-15)24-20-18(13)19(28)16(21(29)30)11-27(20)22-23-5-7-33-22/h5,7-8,11,15H,2-4,6,9-10,12H2,1H3,(H,29,30)/t15-/m0/s1. The lowest BCUT2D eigenvalue weighted by atomic mass is 10.1. The molecule has 0 radical (unpaired) electrons. The van der Waals surface area contributed by atoms with Gasteiger partial charge in [-0.05, 0) is 37.8 Å². The summed E-state index contributed by atoms with van der Waals surface area (Å²) in [4.78, 5) is 41.0. The lowest BCUT2D eigenvalue weighted by Crippen LogP contribution is -2.48. The highest BCUT2D eigenvalue weighted by Gasteiger charge is 2.27. The van der Waals surface area contributed by atoms with Crippen LogP contribution in [0.1, 0.15) is 35.2 Å². The molecule has 2 aliphatic rings. The topological polar surface area (TPSA) is 119 Å². The third-order valence-corrected chi connectivity index (χ3v) is 6.57. The van der Waals surface area contributed by atoms with Crippen LogP contribution in [0.4, 0.5) is 5.82 Å². The van der Waals surface area contributed by atoms with Crippen molar-refractivity contribution in [2.75, 3.05) is 31.2 Å². The summed E-state index contributed by atoms with van der Waals surface area (Å²) in [5.41, 5.74) is 1.08. The molecule has 5 heterocycles. The number of aromatic nitrogens is 3. The molecule has 1 N–H and O–H groups in total. The van der Waals surface area contributed by atoms with Crippen LogP contribution >= 0.6 is 11.3 Å². The first-order valence-corrected chi connectivity index (χ1v) is 11.6. The van der Waals surface area contributed by atoms with Gasteiger partial charge in [0.1, 0.15) is 18.0 Å². The van der Waals surface area contributed by atoms with Crippen LogP contribution in [0.2, 0.25) is 0 Å². The normalized spacial score (nSPS) is 18.3. The van der Waals surface area contributed by atoms with Crippen LogP contribution in [-0.4, -0.2) is 63.7 Å². The van der Waals surface area contributed by atoms with Gasteiger partial charge in [-0.1, -0.05) is 5.16 Å². The number of carboxylic acids is 1. The number of fused-ring (bicyclic) bond motifs is 1. The van der Waals surface area contributed by atoms with Gasteiger partial charge in [0.2, 0.25) is 5.43 Å². The highest BCUT2D eigenvalue weighted by atomic mass is 32.1. The smallest absolute Gasteiger partial charge is 0.341 e. The molecule has 2 saturated heterocycles. The van der Waals surface area contributed by atoms with Gasteiger partial charge >= 0.3 is 5.97 Å². The molecule has 0 bridgehead atoms. The molecule has 1 atom stereocenters. The summed E-state index contributed by atoms with van der Waals surface area (Å²) in [5, 5.41) is 16.3. The van der Waals surface area contributed by atoms with Crippen molar-refractivity contribution in [1.29, 1.82) is 0 Å². The van der Waals surface area contributed by atoms with E-state index in [1.165, 1.54) is 17.5 Å². The van der Waals surface area contributed by atoms with Crippen LogP contribution in [0.25, 0.3) is 16.2 Å². The minimum absolute atomic E-state index is 0.113. The third-order valence-electron chi connectivity index (χ3n) is 5.80. The van der Waals surface area contributed by atoms with Gasteiger partial charge < -0.3 is 19.6 Å². The van der Waals surface area contributed by atoms with Crippen molar-refractivity contribution in [1.82, 2.24) is 14.5 Å². The maximum Gasteiger partial charge on any atom is 0.341 e. The zero-order valence-electron chi connectivity index (χ0n) is 18.1. The number of hydrogen-bond acceptors (Lipinski definition) is 9. The zero-order chi connectivity index (χ0) is 22.9. The highest BCUT2D eigenvalue weighted by Crippen LogP contribution is 2.26. The maximum absolute atomic E-state index is 12.9. The fourth-order valence-electron chi connectivity index (χ4n) is 4.04. The van der Waals surface area contributed by atoms with Crippen molar-refractivity contribution >= 4 is 39.9 Å². The van der Waals surface area contributed by atoms with Gasteiger partial charge in [-0.3, -0.25) is 9.36 Å². The SMILES string of the molecule is Cc1cc(N2CC(=NOC[C@@H]3CCCCO3)C2)nc2c1c(=O)c(C(=O)O)cn2-c1nccs1. The Morgan fingerprint density at radius 3 is 2.94 bits per heavy atom. The molecule has 172 valence electrons. The Bertz CT molecular complexity index is 1270. The molecule has 3 aromatic rings. The number of hydrogen-bond donors (Lipinski definition) is 1. The summed E-state index contributed by atoms with van der Waals surface area (Å²) >= 11 is 1.34. The number of anilines is 1. The predicted octanol–water partition coefficient (Wildman–Crippen LogP) is 2.61.